The summed E-state index contributed by atoms with van der Waals surface area (Å²) in [5.41, 5.74) is 1.95. The zero-order valence-corrected chi connectivity index (χ0v) is 17.3. The van der Waals surface area contributed by atoms with Gasteiger partial charge in [0.1, 0.15) is 5.60 Å². The van der Waals surface area contributed by atoms with E-state index in [-0.39, 0.29) is 24.0 Å². The van der Waals surface area contributed by atoms with Crippen molar-refractivity contribution in [1.82, 2.24) is 4.90 Å². The first-order valence-electron chi connectivity index (χ1n) is 10.0. The molecule has 0 spiro atoms. The Hall–Kier alpha value is -2.17. The number of rotatable bonds is 6. The van der Waals surface area contributed by atoms with Crippen LogP contribution < -0.4 is 0 Å². The second kappa shape index (κ2) is 8.89. The van der Waals surface area contributed by atoms with Crippen LogP contribution in [0.25, 0.3) is 0 Å². The van der Waals surface area contributed by atoms with E-state index in [1.165, 1.54) is 11.1 Å². The summed E-state index contributed by atoms with van der Waals surface area (Å²) in [5, 5.41) is 0. The predicted octanol–water partition coefficient (Wildman–Crippen LogP) is 4.61. The lowest BCUT2D eigenvalue weighted by Gasteiger charge is -2.37. The molecule has 1 aliphatic heterocycles. The topological polar surface area (TPSA) is 38.8 Å². The second-order valence-corrected chi connectivity index (χ2v) is 8.49. The summed E-state index contributed by atoms with van der Waals surface area (Å²) in [6.07, 6.45) is 0. The summed E-state index contributed by atoms with van der Waals surface area (Å²) < 4.78 is 11.5. The predicted molar refractivity (Wildman–Crippen MR) is 111 cm³/mol. The van der Waals surface area contributed by atoms with Crippen molar-refractivity contribution >= 4 is 5.97 Å². The van der Waals surface area contributed by atoms with Crippen LogP contribution in [-0.2, 0) is 20.8 Å². The number of hydrogen-bond acceptors (Lipinski definition) is 4. The van der Waals surface area contributed by atoms with Gasteiger partial charge in [0.2, 0.25) is 0 Å². The quantitative estimate of drug-likeness (QED) is 0.685. The lowest BCUT2D eigenvalue weighted by Crippen LogP contribution is -2.45. The highest BCUT2D eigenvalue weighted by molar-refractivity contribution is 5.74. The molecule has 2 aromatic rings. The first-order chi connectivity index (χ1) is 13.3. The van der Waals surface area contributed by atoms with Crippen LogP contribution in [-0.4, -0.2) is 35.7 Å². The van der Waals surface area contributed by atoms with Gasteiger partial charge in [-0.05, 0) is 38.8 Å². The average molecular weight is 382 g/mol. The molecule has 4 heteroatoms. The summed E-state index contributed by atoms with van der Waals surface area (Å²) in [6, 6.07) is 20.9. The molecule has 0 unspecified atom stereocenters. The van der Waals surface area contributed by atoms with Crippen LogP contribution >= 0.6 is 0 Å². The normalized spacial score (nSPS) is 20.9. The van der Waals surface area contributed by atoms with Gasteiger partial charge in [-0.25, -0.2) is 0 Å². The molecule has 0 amide bonds. The Kier molecular flexibility index (Phi) is 6.53. The highest BCUT2D eigenvalue weighted by Gasteiger charge is 2.41. The maximum Gasteiger partial charge on any atom is 0.313 e. The van der Waals surface area contributed by atoms with Gasteiger partial charge in [0.25, 0.3) is 0 Å². The lowest BCUT2D eigenvalue weighted by atomic mass is 9.96. The van der Waals surface area contributed by atoms with Gasteiger partial charge < -0.3 is 9.47 Å². The van der Waals surface area contributed by atoms with Crippen molar-refractivity contribution < 1.29 is 14.3 Å². The number of carbonyl (C=O) groups excluding carboxylic acids is 1. The minimum atomic E-state index is -0.500. The molecule has 3 atom stereocenters. The fourth-order valence-electron chi connectivity index (χ4n) is 3.73. The standard InChI is InChI=1S/C24H31NO3/c1-18(20-13-9-6-10-14-20)25(15-19-11-7-5-8-12-19)22-17-27-16-21(22)23(26)28-24(2,3)4/h5-14,18,21-22H,15-17H2,1-4H3/t18-,21+,22-/m0/s1. The van der Waals surface area contributed by atoms with Crippen molar-refractivity contribution in [2.75, 3.05) is 13.2 Å². The van der Waals surface area contributed by atoms with Gasteiger partial charge in [-0.15, -0.1) is 0 Å². The maximum atomic E-state index is 12.9. The third kappa shape index (κ3) is 5.21. The Labute approximate surface area is 168 Å². The summed E-state index contributed by atoms with van der Waals surface area (Å²) >= 11 is 0. The van der Waals surface area contributed by atoms with Gasteiger partial charge in [-0.1, -0.05) is 60.7 Å². The first kappa shape index (κ1) is 20.6. The van der Waals surface area contributed by atoms with Crippen LogP contribution in [0.1, 0.15) is 44.9 Å². The maximum absolute atomic E-state index is 12.9. The number of ether oxygens (including phenoxy) is 2. The molecule has 0 saturated carbocycles. The molecule has 0 bridgehead atoms. The van der Waals surface area contributed by atoms with Crippen molar-refractivity contribution in [3.63, 3.8) is 0 Å². The van der Waals surface area contributed by atoms with E-state index in [4.69, 9.17) is 9.47 Å². The molecule has 0 aliphatic carbocycles. The molecule has 1 saturated heterocycles. The minimum Gasteiger partial charge on any atom is -0.460 e. The molecule has 150 valence electrons. The number of hydrogen-bond donors (Lipinski definition) is 0. The number of nitrogens with zero attached hydrogens (tertiary/aromatic N) is 1. The van der Waals surface area contributed by atoms with E-state index in [2.05, 4.69) is 60.4 Å². The highest BCUT2D eigenvalue weighted by atomic mass is 16.6. The number of carbonyl (C=O) groups is 1. The van der Waals surface area contributed by atoms with E-state index in [0.717, 1.165) is 6.54 Å². The molecule has 1 aliphatic rings. The van der Waals surface area contributed by atoms with Gasteiger partial charge in [-0.3, -0.25) is 9.69 Å². The molecule has 1 fully saturated rings. The van der Waals surface area contributed by atoms with Crippen molar-refractivity contribution in [3.05, 3.63) is 71.8 Å². The van der Waals surface area contributed by atoms with Crippen molar-refractivity contribution in [2.24, 2.45) is 5.92 Å². The summed E-state index contributed by atoms with van der Waals surface area (Å²) in [5.74, 6) is -0.456. The Morgan fingerprint density at radius 3 is 2.29 bits per heavy atom. The van der Waals surface area contributed by atoms with Gasteiger partial charge >= 0.3 is 5.97 Å². The van der Waals surface area contributed by atoms with E-state index in [1.54, 1.807) is 0 Å². The second-order valence-electron chi connectivity index (χ2n) is 8.49. The van der Waals surface area contributed by atoms with E-state index < -0.39 is 5.60 Å². The van der Waals surface area contributed by atoms with Gasteiger partial charge in [0, 0.05) is 18.6 Å². The van der Waals surface area contributed by atoms with Crippen molar-refractivity contribution in [2.45, 2.75) is 51.9 Å². The summed E-state index contributed by atoms with van der Waals surface area (Å²) in [7, 11) is 0. The largest absolute Gasteiger partial charge is 0.460 e. The Balaban J connectivity index is 1.87. The molecular weight excluding hydrogens is 350 g/mol. The average Bonchev–Trinajstić information content (AvgIpc) is 3.15. The van der Waals surface area contributed by atoms with E-state index in [0.29, 0.717) is 13.2 Å². The van der Waals surface area contributed by atoms with E-state index in [9.17, 15) is 4.79 Å². The van der Waals surface area contributed by atoms with Crippen molar-refractivity contribution in [3.8, 4) is 0 Å². The van der Waals surface area contributed by atoms with Crippen LogP contribution in [0, 0.1) is 5.92 Å². The fraction of sp³-hybridized carbons (Fsp3) is 0.458. The first-order valence-corrected chi connectivity index (χ1v) is 10.0. The molecule has 3 rings (SSSR count). The van der Waals surface area contributed by atoms with Crippen LogP contribution in [0.2, 0.25) is 0 Å². The van der Waals surface area contributed by atoms with Crippen LogP contribution in [0.4, 0.5) is 0 Å². The van der Waals surface area contributed by atoms with Crippen LogP contribution in [0.3, 0.4) is 0 Å². The molecular formula is C24H31NO3. The lowest BCUT2D eigenvalue weighted by molar-refractivity contribution is -0.161. The summed E-state index contributed by atoms with van der Waals surface area (Å²) in [4.78, 5) is 15.2. The van der Waals surface area contributed by atoms with E-state index in [1.807, 2.05) is 32.9 Å². The molecule has 4 nitrogen and oxygen atoms in total. The molecule has 0 radical (unpaired) electrons. The van der Waals surface area contributed by atoms with Gasteiger partial charge in [0.05, 0.1) is 19.1 Å². The fourth-order valence-corrected chi connectivity index (χ4v) is 3.73. The monoisotopic (exact) mass is 381 g/mol. The molecule has 28 heavy (non-hydrogen) atoms. The van der Waals surface area contributed by atoms with E-state index >= 15 is 0 Å². The minimum absolute atomic E-state index is 0.0229. The number of esters is 1. The Bertz CT molecular complexity index is 754. The SMILES string of the molecule is C[C@@H](c1ccccc1)N(Cc1ccccc1)[C@H]1COC[C@H]1C(=O)OC(C)(C)C. The smallest absolute Gasteiger partial charge is 0.313 e. The zero-order valence-electron chi connectivity index (χ0n) is 17.3. The zero-order chi connectivity index (χ0) is 20.1. The van der Waals surface area contributed by atoms with Crippen LogP contribution in [0.5, 0.6) is 0 Å². The Morgan fingerprint density at radius 2 is 1.68 bits per heavy atom. The molecule has 2 aromatic carbocycles. The van der Waals surface area contributed by atoms with Gasteiger partial charge in [0.15, 0.2) is 0 Å². The summed E-state index contributed by atoms with van der Waals surface area (Å²) in [6.45, 7) is 9.62. The number of benzene rings is 2. The van der Waals surface area contributed by atoms with Gasteiger partial charge in [-0.2, -0.15) is 0 Å². The molecule has 0 aromatic heterocycles. The molecule has 1 heterocycles. The third-order valence-electron chi connectivity index (χ3n) is 5.17. The third-order valence-corrected chi connectivity index (χ3v) is 5.17. The molecule has 0 N–H and O–H groups in total. The Morgan fingerprint density at radius 1 is 1.07 bits per heavy atom. The van der Waals surface area contributed by atoms with Crippen molar-refractivity contribution in [1.29, 1.82) is 0 Å². The van der Waals surface area contributed by atoms with Crippen LogP contribution in [0.15, 0.2) is 60.7 Å². The highest BCUT2D eigenvalue weighted by Crippen LogP contribution is 2.32.